The zero-order valence-electron chi connectivity index (χ0n) is 6.98. The van der Waals surface area contributed by atoms with Crippen molar-refractivity contribution in [3.63, 3.8) is 0 Å². The van der Waals surface area contributed by atoms with Crippen LogP contribution < -0.4 is 0 Å². The zero-order valence-corrected chi connectivity index (χ0v) is 8.49. The van der Waals surface area contributed by atoms with Crippen LogP contribution in [0.2, 0.25) is 5.02 Å². The average Bonchev–Trinajstić information content (AvgIpc) is 2.16. The van der Waals surface area contributed by atoms with Crippen LogP contribution in [0.15, 0.2) is 6.07 Å². The molecule has 0 aliphatic carbocycles. The Morgan fingerprint density at radius 3 is 2.57 bits per heavy atom. The summed E-state index contributed by atoms with van der Waals surface area (Å²) in [5.74, 6) is -0.0374. The van der Waals surface area contributed by atoms with Gasteiger partial charge in [0, 0.05) is 5.56 Å². The molecule has 1 rings (SSSR count). The monoisotopic (exact) mass is 241 g/mol. The van der Waals surface area contributed by atoms with E-state index in [-0.39, 0.29) is 22.2 Å². The Morgan fingerprint density at radius 2 is 2.14 bits per heavy atom. The predicted octanol–water partition coefficient (Wildman–Crippen LogP) is 2.90. The fraction of sp³-hybridized carbons (Fsp3) is 0.375. The van der Waals surface area contributed by atoms with E-state index in [1.54, 1.807) is 0 Å². The lowest BCUT2D eigenvalue weighted by atomic mass is 10.2. The van der Waals surface area contributed by atoms with Crippen LogP contribution in [0.25, 0.3) is 0 Å². The van der Waals surface area contributed by atoms with E-state index in [9.17, 15) is 8.78 Å². The summed E-state index contributed by atoms with van der Waals surface area (Å²) in [4.78, 5) is 3.59. The van der Waals surface area contributed by atoms with Crippen LogP contribution in [0, 0.1) is 0 Å². The van der Waals surface area contributed by atoms with E-state index in [4.69, 9.17) is 28.3 Å². The van der Waals surface area contributed by atoms with Gasteiger partial charge in [0.25, 0.3) is 6.43 Å². The maximum Gasteiger partial charge on any atom is 0.280 e. The van der Waals surface area contributed by atoms with Crippen LogP contribution in [0.5, 0.6) is 0 Å². The Labute approximate surface area is 89.5 Å². The highest BCUT2D eigenvalue weighted by Gasteiger charge is 2.17. The molecule has 1 aromatic rings. The average molecular weight is 242 g/mol. The van der Waals surface area contributed by atoms with Crippen molar-refractivity contribution in [3.05, 3.63) is 28.0 Å². The fourth-order valence-corrected chi connectivity index (χ4v) is 1.50. The summed E-state index contributed by atoms with van der Waals surface area (Å²) >= 11 is 11.1. The Balaban J connectivity index is 3.25. The van der Waals surface area contributed by atoms with Gasteiger partial charge in [0.2, 0.25) is 0 Å². The van der Waals surface area contributed by atoms with Crippen molar-refractivity contribution in [2.24, 2.45) is 0 Å². The van der Waals surface area contributed by atoms with Gasteiger partial charge in [-0.2, -0.15) is 0 Å². The van der Waals surface area contributed by atoms with E-state index in [1.807, 2.05) is 0 Å². The predicted molar refractivity (Wildman–Crippen MR) is 49.7 cm³/mol. The standard InChI is InChI=1S/C8H7Cl2F2NO/c9-2-6-5(10)1-4(3-14)7(13-6)8(11)12/h1,8,14H,2-3H2. The molecule has 0 aromatic carbocycles. The van der Waals surface area contributed by atoms with E-state index in [0.29, 0.717) is 0 Å². The van der Waals surface area contributed by atoms with Gasteiger partial charge < -0.3 is 5.11 Å². The van der Waals surface area contributed by atoms with Crippen molar-refractivity contribution in [2.75, 3.05) is 0 Å². The van der Waals surface area contributed by atoms with Gasteiger partial charge in [-0.1, -0.05) is 11.6 Å². The second-order valence-corrected chi connectivity index (χ2v) is 3.23. The molecule has 1 heterocycles. The number of aliphatic hydroxyl groups is 1. The van der Waals surface area contributed by atoms with Gasteiger partial charge in [-0.05, 0) is 6.07 Å². The Hall–Kier alpha value is -0.450. The van der Waals surface area contributed by atoms with Gasteiger partial charge in [-0.3, -0.25) is 0 Å². The molecule has 0 amide bonds. The number of halogens is 4. The van der Waals surface area contributed by atoms with Crippen molar-refractivity contribution in [3.8, 4) is 0 Å². The number of pyridine rings is 1. The van der Waals surface area contributed by atoms with Crippen LogP contribution in [0.3, 0.4) is 0 Å². The first-order valence-electron chi connectivity index (χ1n) is 3.73. The molecule has 0 spiro atoms. The maximum absolute atomic E-state index is 12.4. The maximum atomic E-state index is 12.4. The molecule has 0 atom stereocenters. The van der Waals surface area contributed by atoms with Gasteiger partial charge >= 0.3 is 0 Å². The molecule has 0 aliphatic rings. The van der Waals surface area contributed by atoms with Gasteiger partial charge in [-0.25, -0.2) is 13.8 Å². The minimum atomic E-state index is -2.74. The van der Waals surface area contributed by atoms with E-state index < -0.39 is 18.7 Å². The molecule has 0 unspecified atom stereocenters. The summed E-state index contributed by atoms with van der Waals surface area (Å²) in [6.45, 7) is -0.519. The van der Waals surface area contributed by atoms with E-state index in [1.165, 1.54) is 6.07 Å². The lowest BCUT2D eigenvalue weighted by molar-refractivity contribution is 0.141. The molecular formula is C8H7Cl2F2NO. The second kappa shape index (κ2) is 4.87. The molecule has 0 aliphatic heterocycles. The summed E-state index contributed by atoms with van der Waals surface area (Å²) in [7, 11) is 0. The summed E-state index contributed by atoms with van der Waals surface area (Å²) in [6, 6.07) is 1.26. The number of aromatic nitrogens is 1. The molecule has 0 radical (unpaired) electrons. The Kier molecular flexibility index (Phi) is 4.04. The smallest absolute Gasteiger partial charge is 0.280 e. The Morgan fingerprint density at radius 1 is 1.50 bits per heavy atom. The van der Waals surface area contributed by atoms with Crippen molar-refractivity contribution in [1.82, 2.24) is 4.98 Å². The summed E-state index contributed by atoms with van der Waals surface area (Å²) in [6.07, 6.45) is -2.74. The minimum Gasteiger partial charge on any atom is -0.392 e. The summed E-state index contributed by atoms with van der Waals surface area (Å²) in [5, 5.41) is 8.98. The van der Waals surface area contributed by atoms with Crippen LogP contribution in [0.1, 0.15) is 23.4 Å². The summed E-state index contributed by atoms with van der Waals surface area (Å²) in [5.41, 5.74) is -0.243. The van der Waals surface area contributed by atoms with Gasteiger partial charge in [0.1, 0.15) is 5.69 Å². The number of nitrogens with zero attached hydrogens (tertiary/aromatic N) is 1. The molecule has 78 valence electrons. The minimum absolute atomic E-state index is 0.0267. The number of hydrogen-bond donors (Lipinski definition) is 1. The van der Waals surface area contributed by atoms with E-state index in [0.717, 1.165) is 0 Å². The molecule has 0 bridgehead atoms. The fourth-order valence-electron chi connectivity index (χ4n) is 0.990. The van der Waals surface area contributed by atoms with Crippen LogP contribution in [-0.4, -0.2) is 10.1 Å². The summed E-state index contributed by atoms with van der Waals surface area (Å²) < 4.78 is 24.8. The SMILES string of the molecule is OCc1cc(Cl)c(CCl)nc1C(F)F. The van der Waals surface area contributed by atoms with E-state index >= 15 is 0 Å². The number of rotatable bonds is 3. The third-order valence-electron chi connectivity index (χ3n) is 1.66. The lowest BCUT2D eigenvalue weighted by Crippen LogP contribution is -2.02. The molecule has 1 N–H and O–H groups in total. The number of hydrogen-bond acceptors (Lipinski definition) is 2. The normalized spacial score (nSPS) is 11.0. The van der Waals surface area contributed by atoms with Gasteiger partial charge in [0.15, 0.2) is 0 Å². The Bertz CT molecular complexity index is 333. The topological polar surface area (TPSA) is 33.1 Å². The van der Waals surface area contributed by atoms with Crippen molar-refractivity contribution < 1.29 is 13.9 Å². The van der Waals surface area contributed by atoms with Crippen molar-refractivity contribution >= 4 is 23.2 Å². The first kappa shape index (κ1) is 11.6. The number of aliphatic hydroxyl groups excluding tert-OH is 1. The molecular weight excluding hydrogens is 235 g/mol. The van der Waals surface area contributed by atoms with Gasteiger partial charge in [-0.15, -0.1) is 11.6 Å². The molecule has 0 saturated carbocycles. The van der Waals surface area contributed by atoms with Crippen LogP contribution in [0.4, 0.5) is 8.78 Å². The lowest BCUT2D eigenvalue weighted by Gasteiger charge is -2.08. The van der Waals surface area contributed by atoms with Gasteiger partial charge in [0.05, 0.1) is 23.2 Å². The van der Waals surface area contributed by atoms with Crippen LogP contribution in [-0.2, 0) is 12.5 Å². The highest BCUT2D eigenvalue weighted by Crippen LogP contribution is 2.26. The first-order valence-corrected chi connectivity index (χ1v) is 4.64. The van der Waals surface area contributed by atoms with Crippen molar-refractivity contribution in [2.45, 2.75) is 18.9 Å². The largest absolute Gasteiger partial charge is 0.392 e. The zero-order chi connectivity index (χ0) is 10.7. The van der Waals surface area contributed by atoms with Crippen LogP contribution >= 0.6 is 23.2 Å². The molecule has 0 saturated heterocycles. The third-order valence-corrected chi connectivity index (χ3v) is 2.25. The number of alkyl halides is 3. The molecule has 2 nitrogen and oxygen atoms in total. The highest BCUT2D eigenvalue weighted by molar-refractivity contribution is 6.32. The first-order chi connectivity index (χ1) is 6.60. The second-order valence-electron chi connectivity index (χ2n) is 2.55. The molecule has 14 heavy (non-hydrogen) atoms. The van der Waals surface area contributed by atoms with E-state index in [2.05, 4.69) is 4.98 Å². The molecule has 1 aromatic heterocycles. The van der Waals surface area contributed by atoms with Crippen molar-refractivity contribution in [1.29, 1.82) is 0 Å². The molecule has 6 heteroatoms. The quantitative estimate of drug-likeness (QED) is 0.826. The third kappa shape index (κ3) is 2.32. The molecule has 0 fully saturated rings. The highest BCUT2D eigenvalue weighted by atomic mass is 35.5.